The summed E-state index contributed by atoms with van der Waals surface area (Å²) >= 11 is 0. The van der Waals surface area contributed by atoms with Crippen LogP contribution in [0, 0.1) is 0 Å². The maximum Gasteiger partial charge on any atom is 0.126 e. The van der Waals surface area contributed by atoms with Crippen LogP contribution in [0.5, 0.6) is 5.75 Å². The molecule has 0 bridgehead atoms. The standard InChI is InChI=1S/C14H15NO/c1-16-13-7-6-12(14(15)8-9-14)10-4-2-3-5-11(10)13/h2-7H,8-9,15H2,1H3. The van der Waals surface area contributed by atoms with Gasteiger partial charge in [0, 0.05) is 10.9 Å². The summed E-state index contributed by atoms with van der Waals surface area (Å²) in [6, 6.07) is 12.4. The van der Waals surface area contributed by atoms with Crippen LogP contribution in [0.4, 0.5) is 0 Å². The molecule has 0 amide bonds. The van der Waals surface area contributed by atoms with E-state index in [0.29, 0.717) is 0 Å². The van der Waals surface area contributed by atoms with E-state index < -0.39 is 0 Å². The van der Waals surface area contributed by atoms with Crippen LogP contribution >= 0.6 is 0 Å². The van der Waals surface area contributed by atoms with E-state index in [0.717, 1.165) is 24.0 Å². The van der Waals surface area contributed by atoms with Crippen LogP contribution < -0.4 is 10.5 Å². The molecule has 0 unspecified atom stereocenters. The Morgan fingerprint density at radius 1 is 1.06 bits per heavy atom. The monoisotopic (exact) mass is 213 g/mol. The zero-order valence-corrected chi connectivity index (χ0v) is 9.36. The molecule has 3 rings (SSSR count). The molecule has 0 radical (unpaired) electrons. The normalized spacial score (nSPS) is 17.4. The molecule has 82 valence electrons. The summed E-state index contributed by atoms with van der Waals surface area (Å²) in [6.07, 6.45) is 2.17. The van der Waals surface area contributed by atoms with Gasteiger partial charge in [0.25, 0.3) is 0 Å². The maximum absolute atomic E-state index is 6.28. The molecule has 0 heterocycles. The lowest BCUT2D eigenvalue weighted by Gasteiger charge is -2.14. The smallest absolute Gasteiger partial charge is 0.126 e. The predicted octanol–water partition coefficient (Wildman–Crippen LogP) is 2.80. The molecule has 1 aliphatic carbocycles. The number of hydrogen-bond acceptors (Lipinski definition) is 2. The molecular formula is C14H15NO. The second-order valence-electron chi connectivity index (χ2n) is 4.52. The van der Waals surface area contributed by atoms with Crippen LogP contribution in [0.25, 0.3) is 10.8 Å². The lowest BCUT2D eigenvalue weighted by Crippen LogP contribution is -2.18. The van der Waals surface area contributed by atoms with Crippen LogP contribution in [0.2, 0.25) is 0 Å². The average Bonchev–Trinajstić information content (AvgIpc) is 3.07. The van der Waals surface area contributed by atoms with Crippen molar-refractivity contribution >= 4 is 10.8 Å². The molecule has 0 aliphatic heterocycles. The molecule has 0 aromatic heterocycles. The first kappa shape index (κ1) is 9.67. The molecule has 1 fully saturated rings. The van der Waals surface area contributed by atoms with Gasteiger partial charge in [0.15, 0.2) is 0 Å². The maximum atomic E-state index is 6.28. The highest BCUT2D eigenvalue weighted by Crippen LogP contribution is 2.46. The van der Waals surface area contributed by atoms with E-state index in [1.54, 1.807) is 7.11 Å². The molecule has 2 aromatic rings. The number of fused-ring (bicyclic) bond motifs is 1. The van der Waals surface area contributed by atoms with Crippen molar-refractivity contribution in [3.63, 3.8) is 0 Å². The Bertz CT molecular complexity index is 543. The van der Waals surface area contributed by atoms with Gasteiger partial charge in [-0.1, -0.05) is 30.3 Å². The largest absolute Gasteiger partial charge is 0.496 e. The quantitative estimate of drug-likeness (QED) is 0.832. The van der Waals surface area contributed by atoms with Crippen molar-refractivity contribution in [1.29, 1.82) is 0 Å². The third-order valence-electron chi connectivity index (χ3n) is 3.43. The van der Waals surface area contributed by atoms with E-state index in [2.05, 4.69) is 24.3 Å². The Morgan fingerprint density at radius 2 is 1.75 bits per heavy atom. The van der Waals surface area contributed by atoms with Gasteiger partial charge in [-0.05, 0) is 29.9 Å². The predicted molar refractivity (Wildman–Crippen MR) is 65.6 cm³/mol. The van der Waals surface area contributed by atoms with Crippen LogP contribution in [0.15, 0.2) is 36.4 Å². The van der Waals surface area contributed by atoms with E-state index in [9.17, 15) is 0 Å². The number of rotatable bonds is 2. The minimum absolute atomic E-state index is 0.0914. The van der Waals surface area contributed by atoms with Crippen LogP contribution in [0.1, 0.15) is 18.4 Å². The molecule has 0 atom stereocenters. The molecule has 2 heteroatoms. The van der Waals surface area contributed by atoms with Crippen molar-refractivity contribution in [2.45, 2.75) is 18.4 Å². The Kier molecular flexibility index (Phi) is 1.95. The SMILES string of the molecule is COc1ccc(C2(N)CC2)c2ccccc12. The van der Waals surface area contributed by atoms with Gasteiger partial charge in [-0.2, -0.15) is 0 Å². The number of ether oxygens (including phenoxy) is 1. The molecule has 1 aliphatic rings. The third-order valence-corrected chi connectivity index (χ3v) is 3.43. The highest BCUT2D eigenvalue weighted by atomic mass is 16.5. The molecule has 2 aromatic carbocycles. The van der Waals surface area contributed by atoms with Crippen molar-refractivity contribution in [2.75, 3.05) is 7.11 Å². The van der Waals surface area contributed by atoms with E-state index in [-0.39, 0.29) is 5.54 Å². The Labute approximate surface area is 95.0 Å². The summed E-state index contributed by atoms with van der Waals surface area (Å²) < 4.78 is 5.37. The van der Waals surface area contributed by atoms with Gasteiger partial charge < -0.3 is 10.5 Å². The first-order valence-electron chi connectivity index (χ1n) is 5.60. The fraction of sp³-hybridized carbons (Fsp3) is 0.286. The zero-order valence-electron chi connectivity index (χ0n) is 9.36. The number of benzene rings is 2. The Morgan fingerprint density at radius 3 is 2.38 bits per heavy atom. The third kappa shape index (κ3) is 1.30. The van der Waals surface area contributed by atoms with E-state index >= 15 is 0 Å². The molecule has 2 N–H and O–H groups in total. The first-order chi connectivity index (χ1) is 7.74. The number of nitrogens with two attached hydrogens (primary N) is 1. The minimum atomic E-state index is -0.0914. The van der Waals surface area contributed by atoms with E-state index in [1.165, 1.54) is 10.9 Å². The fourth-order valence-electron chi connectivity index (χ4n) is 2.29. The van der Waals surface area contributed by atoms with Crippen molar-refractivity contribution in [1.82, 2.24) is 0 Å². The van der Waals surface area contributed by atoms with Crippen LogP contribution in [-0.4, -0.2) is 7.11 Å². The summed E-state index contributed by atoms with van der Waals surface area (Å²) in [7, 11) is 1.71. The average molecular weight is 213 g/mol. The summed E-state index contributed by atoms with van der Waals surface area (Å²) in [5.74, 6) is 0.920. The van der Waals surface area contributed by atoms with Gasteiger partial charge in [-0.3, -0.25) is 0 Å². The van der Waals surface area contributed by atoms with Crippen LogP contribution in [0.3, 0.4) is 0 Å². The van der Waals surface area contributed by atoms with E-state index in [1.807, 2.05) is 12.1 Å². The van der Waals surface area contributed by atoms with Crippen molar-refractivity contribution in [3.8, 4) is 5.75 Å². The number of methoxy groups -OCH3 is 1. The Hall–Kier alpha value is -1.54. The molecule has 2 nitrogen and oxygen atoms in total. The second kappa shape index (κ2) is 3.22. The molecule has 16 heavy (non-hydrogen) atoms. The molecule has 0 spiro atoms. The van der Waals surface area contributed by atoms with Crippen molar-refractivity contribution in [2.24, 2.45) is 5.73 Å². The molecular weight excluding hydrogens is 198 g/mol. The minimum Gasteiger partial charge on any atom is -0.496 e. The molecule has 0 saturated heterocycles. The summed E-state index contributed by atoms with van der Waals surface area (Å²) in [5, 5.41) is 2.38. The lowest BCUT2D eigenvalue weighted by molar-refractivity contribution is 0.419. The second-order valence-corrected chi connectivity index (χ2v) is 4.52. The molecule has 1 saturated carbocycles. The fourth-order valence-corrected chi connectivity index (χ4v) is 2.29. The van der Waals surface area contributed by atoms with Crippen molar-refractivity contribution in [3.05, 3.63) is 42.0 Å². The van der Waals surface area contributed by atoms with Gasteiger partial charge >= 0.3 is 0 Å². The van der Waals surface area contributed by atoms with Gasteiger partial charge in [-0.25, -0.2) is 0 Å². The van der Waals surface area contributed by atoms with Gasteiger partial charge in [0.1, 0.15) is 5.75 Å². The summed E-state index contributed by atoms with van der Waals surface area (Å²) in [6.45, 7) is 0. The summed E-state index contributed by atoms with van der Waals surface area (Å²) in [4.78, 5) is 0. The van der Waals surface area contributed by atoms with Crippen LogP contribution in [-0.2, 0) is 5.54 Å². The van der Waals surface area contributed by atoms with Gasteiger partial charge in [0.2, 0.25) is 0 Å². The van der Waals surface area contributed by atoms with Gasteiger partial charge in [0.05, 0.1) is 7.11 Å². The summed E-state index contributed by atoms with van der Waals surface area (Å²) in [5.41, 5.74) is 7.45. The first-order valence-corrected chi connectivity index (χ1v) is 5.60. The Balaban J connectivity index is 2.32. The topological polar surface area (TPSA) is 35.2 Å². The highest BCUT2D eigenvalue weighted by molar-refractivity contribution is 5.92. The zero-order chi connectivity index (χ0) is 11.2. The van der Waals surface area contributed by atoms with Crippen molar-refractivity contribution < 1.29 is 4.74 Å². The highest BCUT2D eigenvalue weighted by Gasteiger charge is 2.41. The number of hydrogen-bond donors (Lipinski definition) is 1. The lowest BCUT2D eigenvalue weighted by atomic mass is 9.97. The van der Waals surface area contributed by atoms with Gasteiger partial charge in [-0.15, -0.1) is 0 Å². The van der Waals surface area contributed by atoms with E-state index in [4.69, 9.17) is 10.5 Å².